The highest BCUT2D eigenvalue weighted by Gasteiger charge is 2.26. The number of quaternary nitrogens is 1. The number of aryl methyl sites for hydroxylation is 1. The largest absolute Gasteiger partial charge is 0.489 e. The van der Waals surface area contributed by atoms with E-state index in [-0.39, 0.29) is 25.1 Å². The summed E-state index contributed by atoms with van der Waals surface area (Å²) >= 11 is 0. The molecule has 3 rings (SSSR count). The molecule has 7 heteroatoms. The lowest BCUT2D eigenvalue weighted by atomic mass is 10.0. The molecule has 200 valence electrons. The molecule has 0 aliphatic heterocycles. The molecule has 2 aromatic rings. The van der Waals surface area contributed by atoms with Gasteiger partial charge in [0.1, 0.15) is 37.2 Å². The number of aliphatic hydroxyl groups is 1. The van der Waals surface area contributed by atoms with E-state index in [1.165, 1.54) is 11.1 Å². The summed E-state index contributed by atoms with van der Waals surface area (Å²) in [5.41, 5.74) is 4.22. The molecular formula is C30H41N2O5+. The second kappa shape index (κ2) is 13.6. The van der Waals surface area contributed by atoms with E-state index in [0.717, 1.165) is 31.4 Å². The Balaban J connectivity index is 1.46. The van der Waals surface area contributed by atoms with Gasteiger partial charge < -0.3 is 23.8 Å². The first-order valence-corrected chi connectivity index (χ1v) is 13.1. The van der Waals surface area contributed by atoms with Crippen LogP contribution in [0, 0.1) is 17.2 Å². The summed E-state index contributed by atoms with van der Waals surface area (Å²) in [6.07, 6.45) is 3.12. The van der Waals surface area contributed by atoms with E-state index in [9.17, 15) is 15.2 Å². The van der Waals surface area contributed by atoms with E-state index in [0.29, 0.717) is 41.3 Å². The molecule has 1 aliphatic carbocycles. The monoisotopic (exact) mass is 509 g/mol. The first kappa shape index (κ1) is 28.6. The Morgan fingerprint density at radius 2 is 1.86 bits per heavy atom. The van der Waals surface area contributed by atoms with Gasteiger partial charge in [0.15, 0.2) is 0 Å². The Bertz CT molecular complexity index is 1050. The number of fused-ring (bicyclic) bond motifs is 1. The number of carbonyl (C=O) groups excluding carboxylic acids is 1. The summed E-state index contributed by atoms with van der Waals surface area (Å²) in [6.45, 7) is 3.78. The maximum Gasteiger partial charge on any atom is 0.306 e. The van der Waals surface area contributed by atoms with Crippen LogP contribution in [0.15, 0.2) is 42.5 Å². The molecular weight excluding hydrogens is 468 g/mol. The number of esters is 1. The molecule has 0 saturated heterocycles. The van der Waals surface area contributed by atoms with Crippen LogP contribution in [0.3, 0.4) is 0 Å². The molecule has 1 N–H and O–H groups in total. The molecule has 0 aromatic heterocycles. The van der Waals surface area contributed by atoms with E-state index in [1.54, 1.807) is 26.2 Å². The van der Waals surface area contributed by atoms with Crippen molar-refractivity contribution in [1.29, 1.82) is 5.26 Å². The van der Waals surface area contributed by atoms with Crippen LogP contribution in [0.5, 0.6) is 5.75 Å². The zero-order valence-electron chi connectivity index (χ0n) is 22.6. The van der Waals surface area contributed by atoms with Gasteiger partial charge in [-0.05, 0) is 60.9 Å². The Morgan fingerprint density at radius 3 is 2.51 bits per heavy atom. The van der Waals surface area contributed by atoms with Gasteiger partial charge in [-0.1, -0.05) is 30.3 Å². The van der Waals surface area contributed by atoms with E-state index >= 15 is 0 Å². The zero-order valence-corrected chi connectivity index (χ0v) is 22.6. The third-order valence-corrected chi connectivity index (χ3v) is 6.93. The zero-order chi connectivity index (χ0) is 26.8. The Kier molecular flexibility index (Phi) is 10.5. The van der Waals surface area contributed by atoms with Crippen LogP contribution in [0.2, 0.25) is 0 Å². The van der Waals surface area contributed by atoms with Gasteiger partial charge in [0.25, 0.3) is 0 Å². The quantitative estimate of drug-likeness (QED) is 0.309. The summed E-state index contributed by atoms with van der Waals surface area (Å²) in [4.78, 5) is 12.1. The number of nitrogens with zero attached hydrogens (tertiary/aromatic N) is 2. The SMILES string of the molecule is COCC(C)OC(=O)CCc1ccc(C#N)c(OC[C@H](O)C[N+](C)(C)CCC2Cc3ccccc3C2)c1. The highest BCUT2D eigenvalue weighted by atomic mass is 16.6. The molecule has 37 heavy (non-hydrogen) atoms. The normalized spacial score (nSPS) is 15.0. The summed E-state index contributed by atoms with van der Waals surface area (Å²) in [5, 5.41) is 20.2. The van der Waals surface area contributed by atoms with E-state index in [2.05, 4.69) is 44.4 Å². The predicted octanol–water partition coefficient (Wildman–Crippen LogP) is 3.69. The van der Waals surface area contributed by atoms with Gasteiger partial charge in [0, 0.05) is 20.0 Å². The minimum atomic E-state index is -0.664. The highest BCUT2D eigenvalue weighted by Crippen LogP contribution is 2.29. The average molecular weight is 510 g/mol. The first-order valence-electron chi connectivity index (χ1n) is 13.1. The summed E-state index contributed by atoms with van der Waals surface area (Å²) in [6, 6.07) is 16.1. The molecule has 0 spiro atoms. The smallest absolute Gasteiger partial charge is 0.306 e. The summed E-state index contributed by atoms with van der Waals surface area (Å²) in [5.74, 6) is 0.784. The molecule has 0 bridgehead atoms. The number of rotatable bonds is 14. The third kappa shape index (κ3) is 9.15. The number of likely N-dealkylation sites (N-methyl/N-ethyl adjacent to an activating group) is 1. The molecule has 0 amide bonds. The fraction of sp³-hybridized carbons (Fsp3) is 0.533. The Hall–Kier alpha value is -2.92. The van der Waals surface area contributed by atoms with Crippen molar-refractivity contribution >= 4 is 5.97 Å². The maximum atomic E-state index is 12.1. The van der Waals surface area contributed by atoms with Crippen LogP contribution in [-0.2, 0) is 33.5 Å². The molecule has 2 aromatic carbocycles. The van der Waals surface area contributed by atoms with Crippen molar-refractivity contribution in [2.24, 2.45) is 5.92 Å². The number of hydrogen-bond donors (Lipinski definition) is 1. The number of aliphatic hydroxyl groups excluding tert-OH is 1. The lowest BCUT2D eigenvalue weighted by Gasteiger charge is -2.32. The molecule has 0 radical (unpaired) electrons. The summed E-state index contributed by atoms with van der Waals surface area (Å²) < 4.78 is 16.9. The van der Waals surface area contributed by atoms with Crippen molar-refractivity contribution in [2.75, 3.05) is 47.5 Å². The second-order valence-electron chi connectivity index (χ2n) is 10.8. The molecule has 1 aliphatic rings. The van der Waals surface area contributed by atoms with Crippen LogP contribution < -0.4 is 4.74 Å². The van der Waals surface area contributed by atoms with Crippen molar-refractivity contribution in [2.45, 2.75) is 51.2 Å². The second-order valence-corrected chi connectivity index (χ2v) is 10.8. The number of methoxy groups -OCH3 is 1. The highest BCUT2D eigenvalue weighted by molar-refractivity contribution is 5.70. The van der Waals surface area contributed by atoms with E-state index in [4.69, 9.17) is 14.2 Å². The number of nitriles is 1. The minimum Gasteiger partial charge on any atom is -0.489 e. The lowest BCUT2D eigenvalue weighted by Crippen LogP contribution is -2.48. The fourth-order valence-electron chi connectivity index (χ4n) is 5.02. The Morgan fingerprint density at radius 1 is 1.16 bits per heavy atom. The molecule has 0 heterocycles. The topological polar surface area (TPSA) is 88.8 Å². The standard InChI is InChI=1S/C30H41N2O5/c1-22(20-35-4)37-30(34)12-10-23-9-11-27(18-31)29(17-23)36-21-28(33)19-32(2,3)14-13-24-15-25-7-5-6-8-26(25)16-24/h5-9,11,17,22,24,28,33H,10,12-16,19-21H2,1-4H3/q+1/t22?,28-/m1/s1. The molecule has 7 nitrogen and oxygen atoms in total. The van der Waals surface area contributed by atoms with Gasteiger partial charge in [0.2, 0.25) is 0 Å². The number of hydrogen-bond acceptors (Lipinski definition) is 6. The first-order chi connectivity index (χ1) is 17.7. The van der Waals surface area contributed by atoms with Crippen molar-refractivity contribution in [1.82, 2.24) is 0 Å². The van der Waals surface area contributed by atoms with Crippen molar-refractivity contribution in [3.63, 3.8) is 0 Å². The predicted molar refractivity (Wildman–Crippen MR) is 142 cm³/mol. The summed E-state index contributed by atoms with van der Waals surface area (Å²) in [7, 11) is 5.84. The number of ether oxygens (including phenoxy) is 3. The molecule has 2 atom stereocenters. The van der Waals surface area contributed by atoms with Crippen LogP contribution in [0.1, 0.15) is 42.0 Å². The van der Waals surface area contributed by atoms with Crippen LogP contribution in [-0.4, -0.2) is 75.3 Å². The van der Waals surface area contributed by atoms with Gasteiger partial charge in [-0.25, -0.2) is 0 Å². The van der Waals surface area contributed by atoms with Crippen molar-refractivity contribution in [3.8, 4) is 11.8 Å². The van der Waals surface area contributed by atoms with Gasteiger partial charge in [-0.3, -0.25) is 4.79 Å². The average Bonchev–Trinajstić information content (AvgIpc) is 3.28. The van der Waals surface area contributed by atoms with Gasteiger partial charge in [-0.15, -0.1) is 0 Å². The van der Waals surface area contributed by atoms with Crippen molar-refractivity contribution in [3.05, 3.63) is 64.7 Å². The van der Waals surface area contributed by atoms with E-state index in [1.807, 2.05) is 6.07 Å². The van der Waals surface area contributed by atoms with Crippen molar-refractivity contribution < 1.29 is 28.6 Å². The van der Waals surface area contributed by atoms with Crippen LogP contribution in [0.25, 0.3) is 0 Å². The van der Waals surface area contributed by atoms with Gasteiger partial charge in [0.05, 0.1) is 32.8 Å². The molecule has 1 unspecified atom stereocenters. The third-order valence-electron chi connectivity index (χ3n) is 6.93. The fourth-order valence-corrected chi connectivity index (χ4v) is 5.02. The van der Waals surface area contributed by atoms with Gasteiger partial charge >= 0.3 is 5.97 Å². The Labute approximate surface area is 221 Å². The number of carbonyl (C=O) groups is 1. The lowest BCUT2D eigenvalue weighted by molar-refractivity contribution is -0.894. The van der Waals surface area contributed by atoms with E-state index < -0.39 is 6.10 Å². The van der Waals surface area contributed by atoms with Crippen LogP contribution in [0.4, 0.5) is 0 Å². The van der Waals surface area contributed by atoms with Crippen LogP contribution >= 0.6 is 0 Å². The maximum absolute atomic E-state index is 12.1. The molecule has 0 saturated carbocycles. The van der Waals surface area contributed by atoms with Gasteiger partial charge in [-0.2, -0.15) is 5.26 Å². The number of benzene rings is 2. The molecule has 0 fully saturated rings. The minimum absolute atomic E-state index is 0.102.